The van der Waals surface area contributed by atoms with Gasteiger partial charge in [-0.05, 0) is 32.9 Å². The SMILES string of the molecule is CC(C)N1Cc2nc(N3CCOC[C@@H]3C)nc(-c3ccc(NC(=O)NCCO)cc3)c2C1.O=C(O)C(F)(F)F. The Morgan fingerprint density at radius 3 is 2.41 bits per heavy atom. The summed E-state index contributed by atoms with van der Waals surface area (Å²) < 4.78 is 37.3. The second kappa shape index (κ2) is 13.0. The van der Waals surface area contributed by atoms with Gasteiger partial charge in [0.15, 0.2) is 0 Å². The summed E-state index contributed by atoms with van der Waals surface area (Å²) in [5.41, 5.74) is 4.88. The second-order valence-corrected chi connectivity index (χ2v) is 9.40. The molecule has 4 N–H and O–H groups in total. The van der Waals surface area contributed by atoms with E-state index < -0.39 is 12.1 Å². The molecule has 11 nitrogen and oxygen atoms in total. The summed E-state index contributed by atoms with van der Waals surface area (Å²) in [4.78, 5) is 35.4. The van der Waals surface area contributed by atoms with Crippen LogP contribution < -0.4 is 15.5 Å². The van der Waals surface area contributed by atoms with Crippen molar-refractivity contribution in [1.82, 2.24) is 20.2 Å². The smallest absolute Gasteiger partial charge is 0.475 e. The van der Waals surface area contributed by atoms with E-state index in [9.17, 15) is 18.0 Å². The zero-order valence-corrected chi connectivity index (χ0v) is 22.0. The first-order chi connectivity index (χ1) is 18.4. The van der Waals surface area contributed by atoms with Crippen LogP contribution in [-0.2, 0) is 22.6 Å². The molecule has 0 aliphatic carbocycles. The third-order valence-electron chi connectivity index (χ3n) is 6.21. The number of aromatic nitrogens is 2. The molecule has 3 heterocycles. The number of urea groups is 1. The molecular formula is C25H33F3N6O5. The van der Waals surface area contributed by atoms with Gasteiger partial charge in [-0.2, -0.15) is 13.2 Å². The molecule has 4 rings (SSSR count). The van der Waals surface area contributed by atoms with Crippen molar-refractivity contribution in [3.8, 4) is 11.3 Å². The van der Waals surface area contributed by atoms with Gasteiger partial charge < -0.3 is 30.5 Å². The normalized spacial score (nSPS) is 17.3. The highest BCUT2D eigenvalue weighted by Crippen LogP contribution is 2.34. The van der Waals surface area contributed by atoms with Crippen LogP contribution in [0.3, 0.4) is 0 Å². The lowest BCUT2D eigenvalue weighted by atomic mass is 10.1. The number of anilines is 2. The van der Waals surface area contributed by atoms with Crippen LogP contribution in [0.25, 0.3) is 11.3 Å². The molecule has 1 saturated heterocycles. The number of fused-ring (bicyclic) bond motifs is 1. The first-order valence-electron chi connectivity index (χ1n) is 12.4. The molecular weight excluding hydrogens is 521 g/mol. The predicted molar refractivity (Wildman–Crippen MR) is 137 cm³/mol. The summed E-state index contributed by atoms with van der Waals surface area (Å²) in [5, 5.41) is 21.3. The van der Waals surface area contributed by atoms with Gasteiger partial charge in [-0.25, -0.2) is 19.6 Å². The fourth-order valence-electron chi connectivity index (χ4n) is 4.08. The number of aliphatic hydroxyl groups excluding tert-OH is 1. The number of carboxylic acids is 1. The van der Waals surface area contributed by atoms with E-state index in [0.717, 1.165) is 42.5 Å². The number of ether oxygens (including phenoxy) is 1. The molecule has 0 radical (unpaired) electrons. The average molecular weight is 555 g/mol. The number of amides is 2. The number of aliphatic hydroxyl groups is 1. The van der Waals surface area contributed by atoms with Crippen molar-refractivity contribution >= 4 is 23.6 Å². The summed E-state index contributed by atoms with van der Waals surface area (Å²) in [6, 6.07) is 8.01. The van der Waals surface area contributed by atoms with E-state index in [4.69, 9.17) is 29.7 Å². The maximum absolute atomic E-state index is 11.9. The predicted octanol–water partition coefficient (Wildman–Crippen LogP) is 2.84. The minimum absolute atomic E-state index is 0.0946. The number of hydrogen-bond donors (Lipinski definition) is 4. The topological polar surface area (TPSA) is 140 Å². The molecule has 1 aromatic carbocycles. The van der Waals surface area contributed by atoms with Crippen LogP contribution >= 0.6 is 0 Å². The fraction of sp³-hybridized carbons (Fsp3) is 0.520. The first-order valence-corrected chi connectivity index (χ1v) is 12.4. The minimum Gasteiger partial charge on any atom is -0.475 e. The zero-order valence-electron chi connectivity index (χ0n) is 22.0. The maximum atomic E-state index is 11.9. The molecule has 2 amide bonds. The summed E-state index contributed by atoms with van der Waals surface area (Å²) in [6.07, 6.45) is -5.08. The standard InChI is InChI=1S/C23H32N6O3.C2HF3O2/c1-15(2)28-12-19-20(13-28)26-22(29-9-11-32-14-16(29)3)27-21(19)17-4-6-18(7-5-17)25-23(31)24-8-10-30;3-2(4,5)1(6)7/h4-7,15-16,30H,8-14H2,1-3H3,(H2,24,25,31);(H,6,7)/t16-;/m0./s1. The van der Waals surface area contributed by atoms with E-state index in [2.05, 4.69) is 41.2 Å². The highest BCUT2D eigenvalue weighted by atomic mass is 19.4. The van der Waals surface area contributed by atoms with Gasteiger partial charge in [-0.3, -0.25) is 4.90 Å². The number of carboxylic acid groups (broad SMARTS) is 1. The number of alkyl halides is 3. The van der Waals surface area contributed by atoms with E-state index in [1.54, 1.807) is 0 Å². The van der Waals surface area contributed by atoms with Crippen LogP contribution in [0.2, 0.25) is 0 Å². The van der Waals surface area contributed by atoms with E-state index in [-0.39, 0.29) is 25.2 Å². The third-order valence-corrected chi connectivity index (χ3v) is 6.21. The molecule has 1 fully saturated rings. The quantitative estimate of drug-likeness (QED) is 0.424. The Hall–Kier alpha value is -3.49. The third kappa shape index (κ3) is 8.00. The van der Waals surface area contributed by atoms with E-state index >= 15 is 0 Å². The number of aliphatic carboxylic acids is 1. The molecule has 39 heavy (non-hydrogen) atoms. The van der Waals surface area contributed by atoms with Crippen molar-refractivity contribution in [3.05, 3.63) is 35.5 Å². The van der Waals surface area contributed by atoms with Gasteiger partial charge >= 0.3 is 18.2 Å². The lowest BCUT2D eigenvalue weighted by Gasteiger charge is -2.33. The minimum atomic E-state index is -5.08. The van der Waals surface area contributed by atoms with Crippen molar-refractivity contribution in [2.24, 2.45) is 0 Å². The molecule has 2 aromatic rings. The Morgan fingerprint density at radius 1 is 1.18 bits per heavy atom. The van der Waals surface area contributed by atoms with Gasteiger partial charge in [0.25, 0.3) is 0 Å². The number of morpholine rings is 1. The Morgan fingerprint density at radius 2 is 1.85 bits per heavy atom. The van der Waals surface area contributed by atoms with Gasteiger partial charge in [-0.1, -0.05) is 12.1 Å². The number of carbonyl (C=O) groups is 2. The van der Waals surface area contributed by atoms with Gasteiger partial charge in [0.2, 0.25) is 5.95 Å². The van der Waals surface area contributed by atoms with Crippen LogP contribution in [0, 0.1) is 0 Å². The van der Waals surface area contributed by atoms with Gasteiger partial charge in [0.1, 0.15) is 0 Å². The summed E-state index contributed by atoms with van der Waals surface area (Å²) in [7, 11) is 0. The number of benzene rings is 1. The highest BCUT2D eigenvalue weighted by molar-refractivity contribution is 5.89. The van der Waals surface area contributed by atoms with Crippen molar-refractivity contribution in [2.45, 2.75) is 52.1 Å². The van der Waals surface area contributed by atoms with Crippen molar-refractivity contribution < 1.29 is 37.7 Å². The van der Waals surface area contributed by atoms with Crippen LogP contribution in [0.4, 0.5) is 29.6 Å². The summed E-state index contributed by atoms with van der Waals surface area (Å²) in [5.74, 6) is -2.00. The Balaban J connectivity index is 0.000000532. The summed E-state index contributed by atoms with van der Waals surface area (Å²) >= 11 is 0. The van der Waals surface area contributed by atoms with Crippen LogP contribution in [0.15, 0.2) is 24.3 Å². The molecule has 2 aliphatic rings. The fourth-order valence-corrected chi connectivity index (χ4v) is 4.08. The molecule has 0 spiro atoms. The number of halogens is 3. The van der Waals surface area contributed by atoms with E-state index in [0.29, 0.717) is 24.9 Å². The Kier molecular flexibility index (Phi) is 10.1. The largest absolute Gasteiger partial charge is 0.490 e. The molecule has 14 heteroatoms. The molecule has 0 bridgehead atoms. The number of hydrogen-bond acceptors (Lipinski definition) is 8. The Labute approximate surface area is 224 Å². The van der Waals surface area contributed by atoms with Crippen LogP contribution in [-0.4, -0.2) is 88.3 Å². The molecule has 214 valence electrons. The number of rotatable bonds is 6. The number of nitrogens with zero attached hydrogens (tertiary/aromatic N) is 4. The average Bonchev–Trinajstić information content (AvgIpc) is 3.32. The molecule has 2 aliphatic heterocycles. The van der Waals surface area contributed by atoms with Crippen LogP contribution in [0.1, 0.15) is 32.0 Å². The number of nitrogens with one attached hydrogen (secondary N) is 2. The second-order valence-electron chi connectivity index (χ2n) is 9.40. The van der Waals surface area contributed by atoms with Crippen molar-refractivity contribution in [3.63, 3.8) is 0 Å². The van der Waals surface area contributed by atoms with E-state index in [1.807, 2.05) is 24.3 Å². The lowest BCUT2D eigenvalue weighted by molar-refractivity contribution is -0.192. The van der Waals surface area contributed by atoms with Gasteiger partial charge in [0.05, 0.1) is 37.3 Å². The van der Waals surface area contributed by atoms with E-state index in [1.165, 1.54) is 5.56 Å². The summed E-state index contributed by atoms with van der Waals surface area (Å²) in [6.45, 7) is 10.4. The van der Waals surface area contributed by atoms with Crippen LogP contribution in [0.5, 0.6) is 0 Å². The number of carbonyl (C=O) groups excluding carboxylic acids is 1. The molecule has 1 aromatic heterocycles. The molecule has 0 saturated carbocycles. The van der Waals surface area contributed by atoms with Gasteiger partial charge in [-0.15, -0.1) is 0 Å². The zero-order chi connectivity index (χ0) is 28.7. The first kappa shape index (κ1) is 30.1. The molecule has 1 atom stereocenters. The van der Waals surface area contributed by atoms with Crippen molar-refractivity contribution in [2.75, 3.05) is 43.1 Å². The van der Waals surface area contributed by atoms with Crippen molar-refractivity contribution in [1.29, 1.82) is 0 Å². The highest BCUT2D eigenvalue weighted by Gasteiger charge is 2.38. The van der Waals surface area contributed by atoms with Gasteiger partial charge in [0, 0.05) is 49.0 Å². The molecule has 0 unspecified atom stereocenters. The maximum Gasteiger partial charge on any atom is 0.490 e. The Bertz CT molecular complexity index is 1150. The monoisotopic (exact) mass is 554 g/mol. The lowest BCUT2D eigenvalue weighted by Crippen LogP contribution is -2.44.